The summed E-state index contributed by atoms with van der Waals surface area (Å²) in [4.78, 5) is 12.6. The average molecular weight is 333 g/mol. The SMILES string of the molecule is CCc1nn(C2CCCC2)c2cc(C(=O)Nc3ccccc3)ccc12. The molecule has 1 amide bonds. The van der Waals surface area contributed by atoms with Crippen molar-refractivity contribution in [2.45, 2.75) is 45.1 Å². The lowest BCUT2D eigenvalue weighted by molar-refractivity contribution is 0.102. The molecule has 0 unspecified atom stereocenters. The van der Waals surface area contributed by atoms with Gasteiger partial charge in [-0.1, -0.05) is 44.0 Å². The van der Waals surface area contributed by atoms with Gasteiger partial charge in [-0.3, -0.25) is 9.48 Å². The van der Waals surface area contributed by atoms with Gasteiger partial charge >= 0.3 is 0 Å². The van der Waals surface area contributed by atoms with E-state index in [-0.39, 0.29) is 5.91 Å². The summed E-state index contributed by atoms with van der Waals surface area (Å²) in [5.41, 5.74) is 3.70. The van der Waals surface area contributed by atoms with E-state index in [0.717, 1.165) is 23.3 Å². The minimum atomic E-state index is -0.0784. The highest BCUT2D eigenvalue weighted by Gasteiger charge is 2.22. The number of nitrogens with one attached hydrogen (secondary N) is 1. The molecule has 25 heavy (non-hydrogen) atoms. The lowest BCUT2D eigenvalue weighted by Crippen LogP contribution is -2.12. The number of amides is 1. The highest BCUT2D eigenvalue weighted by atomic mass is 16.1. The molecule has 4 nitrogen and oxygen atoms in total. The topological polar surface area (TPSA) is 46.9 Å². The number of carbonyl (C=O) groups excluding carboxylic acids is 1. The summed E-state index contributed by atoms with van der Waals surface area (Å²) in [5.74, 6) is -0.0784. The quantitative estimate of drug-likeness (QED) is 0.733. The number of carbonyl (C=O) groups is 1. The van der Waals surface area contributed by atoms with Gasteiger partial charge in [-0.2, -0.15) is 5.10 Å². The second-order valence-corrected chi connectivity index (χ2v) is 6.74. The summed E-state index contributed by atoms with van der Waals surface area (Å²) in [6.45, 7) is 2.14. The number of para-hydroxylation sites is 1. The highest BCUT2D eigenvalue weighted by Crippen LogP contribution is 2.33. The largest absolute Gasteiger partial charge is 0.322 e. The molecular weight excluding hydrogens is 310 g/mol. The number of anilines is 1. The Hall–Kier alpha value is -2.62. The molecule has 1 saturated carbocycles. The summed E-state index contributed by atoms with van der Waals surface area (Å²) < 4.78 is 2.17. The van der Waals surface area contributed by atoms with Crippen molar-refractivity contribution in [1.29, 1.82) is 0 Å². The smallest absolute Gasteiger partial charge is 0.255 e. The molecule has 0 saturated heterocycles. The summed E-state index contributed by atoms with van der Waals surface area (Å²) in [6.07, 6.45) is 5.80. The molecule has 0 radical (unpaired) electrons. The second-order valence-electron chi connectivity index (χ2n) is 6.74. The summed E-state index contributed by atoms with van der Waals surface area (Å²) >= 11 is 0. The fraction of sp³-hybridized carbons (Fsp3) is 0.333. The third-order valence-electron chi connectivity index (χ3n) is 5.08. The first-order valence-corrected chi connectivity index (χ1v) is 9.14. The zero-order valence-corrected chi connectivity index (χ0v) is 14.5. The lowest BCUT2D eigenvalue weighted by atomic mass is 10.1. The standard InChI is InChI=1S/C21H23N3O/c1-2-19-18-13-12-15(21(25)22-16-8-4-3-5-9-16)14-20(18)24(23-19)17-10-6-7-11-17/h3-5,8-9,12-14,17H,2,6-7,10-11H2,1H3,(H,22,25). The van der Waals surface area contributed by atoms with Crippen molar-refractivity contribution in [2.75, 3.05) is 5.32 Å². The number of benzene rings is 2. The Bertz CT molecular complexity index is 892. The number of aryl methyl sites for hydroxylation is 1. The van der Waals surface area contributed by atoms with E-state index in [0.29, 0.717) is 11.6 Å². The fourth-order valence-electron chi connectivity index (χ4n) is 3.76. The number of rotatable bonds is 4. The van der Waals surface area contributed by atoms with Crippen LogP contribution in [0.15, 0.2) is 48.5 Å². The van der Waals surface area contributed by atoms with Crippen LogP contribution in [0.1, 0.15) is 54.7 Å². The number of hydrogen-bond acceptors (Lipinski definition) is 2. The zero-order chi connectivity index (χ0) is 17.2. The van der Waals surface area contributed by atoms with E-state index in [4.69, 9.17) is 5.10 Å². The first-order chi connectivity index (χ1) is 12.3. The minimum absolute atomic E-state index is 0.0784. The second kappa shape index (κ2) is 6.71. The molecule has 128 valence electrons. The van der Waals surface area contributed by atoms with Gasteiger partial charge < -0.3 is 5.32 Å². The van der Waals surface area contributed by atoms with Crippen molar-refractivity contribution < 1.29 is 4.79 Å². The Labute approximate surface area is 147 Å². The Balaban J connectivity index is 1.71. The molecular formula is C21H23N3O. The molecule has 1 N–H and O–H groups in total. The number of nitrogens with zero attached hydrogens (tertiary/aromatic N) is 2. The fourth-order valence-corrected chi connectivity index (χ4v) is 3.76. The van der Waals surface area contributed by atoms with Gasteiger partial charge in [-0.05, 0) is 43.5 Å². The van der Waals surface area contributed by atoms with Gasteiger partial charge in [0.2, 0.25) is 0 Å². The molecule has 1 aliphatic rings. The van der Waals surface area contributed by atoms with Crippen LogP contribution in [0.25, 0.3) is 10.9 Å². The van der Waals surface area contributed by atoms with Gasteiger partial charge in [-0.15, -0.1) is 0 Å². The molecule has 0 spiro atoms. The molecule has 2 aromatic carbocycles. The Morgan fingerprint density at radius 1 is 1.16 bits per heavy atom. The van der Waals surface area contributed by atoms with Crippen LogP contribution >= 0.6 is 0 Å². The van der Waals surface area contributed by atoms with E-state index in [1.165, 1.54) is 31.1 Å². The summed E-state index contributed by atoms with van der Waals surface area (Å²) in [6, 6.07) is 16.0. The van der Waals surface area contributed by atoms with Gasteiger partial charge in [0.05, 0.1) is 17.3 Å². The molecule has 1 fully saturated rings. The van der Waals surface area contributed by atoms with Crippen LogP contribution in [0, 0.1) is 0 Å². The number of fused-ring (bicyclic) bond motifs is 1. The van der Waals surface area contributed by atoms with Crippen LogP contribution in [0.5, 0.6) is 0 Å². The molecule has 4 rings (SSSR count). The van der Waals surface area contributed by atoms with E-state index in [9.17, 15) is 4.79 Å². The van der Waals surface area contributed by atoms with E-state index < -0.39 is 0 Å². The maximum Gasteiger partial charge on any atom is 0.255 e. The molecule has 4 heteroatoms. The third kappa shape index (κ3) is 3.04. The molecule has 0 bridgehead atoms. The van der Waals surface area contributed by atoms with Crippen molar-refractivity contribution in [2.24, 2.45) is 0 Å². The van der Waals surface area contributed by atoms with Crippen molar-refractivity contribution in [1.82, 2.24) is 9.78 Å². The zero-order valence-electron chi connectivity index (χ0n) is 14.5. The van der Waals surface area contributed by atoms with E-state index >= 15 is 0 Å². The van der Waals surface area contributed by atoms with Crippen LogP contribution in [0.2, 0.25) is 0 Å². The van der Waals surface area contributed by atoms with Crippen LogP contribution in [0.4, 0.5) is 5.69 Å². The summed E-state index contributed by atoms with van der Waals surface area (Å²) in [5, 5.41) is 9.00. The Kier molecular flexibility index (Phi) is 4.26. The van der Waals surface area contributed by atoms with Crippen LogP contribution in [-0.2, 0) is 6.42 Å². The normalized spacial score (nSPS) is 14.9. The predicted molar refractivity (Wildman–Crippen MR) is 101 cm³/mol. The van der Waals surface area contributed by atoms with Crippen LogP contribution in [0.3, 0.4) is 0 Å². The van der Waals surface area contributed by atoms with Crippen molar-refractivity contribution in [3.05, 3.63) is 59.8 Å². The summed E-state index contributed by atoms with van der Waals surface area (Å²) in [7, 11) is 0. The lowest BCUT2D eigenvalue weighted by Gasteiger charge is -2.12. The van der Waals surface area contributed by atoms with Crippen LogP contribution < -0.4 is 5.32 Å². The predicted octanol–water partition coefficient (Wildman–Crippen LogP) is 4.97. The van der Waals surface area contributed by atoms with Gasteiger partial charge in [0, 0.05) is 16.6 Å². The van der Waals surface area contributed by atoms with E-state index in [1.807, 2.05) is 48.5 Å². The average Bonchev–Trinajstić information content (AvgIpc) is 3.29. The van der Waals surface area contributed by atoms with Crippen molar-refractivity contribution in [3.8, 4) is 0 Å². The number of hydrogen-bond donors (Lipinski definition) is 1. The molecule has 1 aromatic heterocycles. The first-order valence-electron chi connectivity index (χ1n) is 9.14. The van der Waals surface area contributed by atoms with E-state index in [1.54, 1.807) is 0 Å². The molecule has 1 heterocycles. The van der Waals surface area contributed by atoms with Crippen LogP contribution in [-0.4, -0.2) is 15.7 Å². The molecule has 3 aromatic rings. The molecule has 0 aliphatic heterocycles. The molecule has 1 aliphatic carbocycles. The Morgan fingerprint density at radius 3 is 2.64 bits per heavy atom. The van der Waals surface area contributed by atoms with E-state index in [2.05, 4.69) is 16.9 Å². The minimum Gasteiger partial charge on any atom is -0.322 e. The molecule has 0 atom stereocenters. The van der Waals surface area contributed by atoms with Gasteiger partial charge in [0.1, 0.15) is 0 Å². The van der Waals surface area contributed by atoms with Crippen molar-refractivity contribution in [3.63, 3.8) is 0 Å². The van der Waals surface area contributed by atoms with Gasteiger partial charge in [-0.25, -0.2) is 0 Å². The third-order valence-corrected chi connectivity index (χ3v) is 5.08. The Morgan fingerprint density at radius 2 is 1.92 bits per heavy atom. The maximum absolute atomic E-state index is 12.6. The number of aromatic nitrogens is 2. The highest BCUT2D eigenvalue weighted by molar-refractivity contribution is 6.06. The van der Waals surface area contributed by atoms with Crippen molar-refractivity contribution >= 4 is 22.5 Å². The maximum atomic E-state index is 12.6. The monoisotopic (exact) mass is 333 g/mol. The van der Waals surface area contributed by atoms with Gasteiger partial charge in [0.25, 0.3) is 5.91 Å². The first kappa shape index (κ1) is 15.9. The van der Waals surface area contributed by atoms with Gasteiger partial charge in [0.15, 0.2) is 0 Å².